The van der Waals surface area contributed by atoms with Crippen LogP contribution in [0.5, 0.6) is 0 Å². The molecule has 0 atom stereocenters. The highest BCUT2D eigenvalue weighted by Crippen LogP contribution is 2.23. The molecule has 0 saturated carbocycles. The van der Waals surface area contributed by atoms with Crippen molar-refractivity contribution in [3.8, 4) is 0 Å². The number of aliphatic hydroxyl groups is 1. The monoisotopic (exact) mass is 268 g/mol. The first-order valence-corrected chi connectivity index (χ1v) is 6.96. The second kappa shape index (κ2) is 8.12. The van der Waals surface area contributed by atoms with Crippen LogP contribution in [0.1, 0.15) is 32.8 Å². The van der Waals surface area contributed by atoms with Crippen molar-refractivity contribution in [2.24, 2.45) is 0 Å². The fourth-order valence-corrected chi connectivity index (χ4v) is 2.07. The van der Waals surface area contributed by atoms with E-state index in [0.29, 0.717) is 24.7 Å². The highest BCUT2D eigenvalue weighted by atomic mass is 19.1. The van der Waals surface area contributed by atoms with Crippen LogP contribution in [0, 0.1) is 5.82 Å². The zero-order valence-electron chi connectivity index (χ0n) is 12.1. The lowest BCUT2D eigenvalue weighted by atomic mass is 10.1. The van der Waals surface area contributed by atoms with Gasteiger partial charge >= 0.3 is 0 Å². The van der Waals surface area contributed by atoms with Crippen LogP contribution in [-0.4, -0.2) is 30.8 Å². The number of hydrogen-bond donors (Lipinski definition) is 2. The molecule has 0 aliphatic carbocycles. The van der Waals surface area contributed by atoms with Gasteiger partial charge in [0, 0.05) is 36.9 Å². The van der Waals surface area contributed by atoms with Crippen molar-refractivity contribution in [2.45, 2.75) is 39.8 Å². The lowest BCUT2D eigenvalue weighted by Crippen LogP contribution is -2.30. The predicted molar refractivity (Wildman–Crippen MR) is 78.0 cm³/mol. The van der Waals surface area contributed by atoms with E-state index in [0.717, 1.165) is 18.7 Å². The van der Waals surface area contributed by atoms with E-state index in [1.54, 1.807) is 6.07 Å². The van der Waals surface area contributed by atoms with Crippen molar-refractivity contribution in [1.29, 1.82) is 0 Å². The highest BCUT2D eigenvalue weighted by Gasteiger charge is 2.14. The summed E-state index contributed by atoms with van der Waals surface area (Å²) in [5, 5.41) is 12.4. The molecule has 4 heteroatoms. The molecule has 2 N–H and O–H groups in total. The Morgan fingerprint density at radius 1 is 1.32 bits per heavy atom. The van der Waals surface area contributed by atoms with Gasteiger partial charge in [-0.1, -0.05) is 26.8 Å². The van der Waals surface area contributed by atoms with Crippen LogP contribution in [0.4, 0.5) is 10.1 Å². The third-order valence-electron chi connectivity index (χ3n) is 2.99. The average molecular weight is 268 g/mol. The molecule has 0 fully saturated rings. The number of rotatable bonds is 8. The molecule has 1 rings (SSSR count). The lowest BCUT2D eigenvalue weighted by Gasteiger charge is -2.26. The standard InChI is InChI=1S/C15H25FN2O/c1-4-8-18(9-10-19)15-7-5-6-14(16)13(15)11-17-12(2)3/h5-7,12,17,19H,4,8-11H2,1-3H3. The minimum absolute atomic E-state index is 0.0769. The fraction of sp³-hybridized carbons (Fsp3) is 0.600. The van der Waals surface area contributed by atoms with E-state index in [9.17, 15) is 4.39 Å². The topological polar surface area (TPSA) is 35.5 Å². The maximum absolute atomic E-state index is 14.0. The van der Waals surface area contributed by atoms with E-state index >= 15 is 0 Å². The first kappa shape index (κ1) is 15.9. The number of nitrogens with one attached hydrogen (secondary N) is 1. The third kappa shape index (κ3) is 4.80. The van der Waals surface area contributed by atoms with Gasteiger partial charge in [0.05, 0.1) is 6.61 Å². The number of aliphatic hydroxyl groups excluding tert-OH is 1. The Kier molecular flexibility index (Phi) is 6.81. The summed E-state index contributed by atoms with van der Waals surface area (Å²) in [5.74, 6) is -0.190. The largest absolute Gasteiger partial charge is 0.395 e. The minimum atomic E-state index is -0.190. The van der Waals surface area contributed by atoms with Crippen LogP contribution in [0.25, 0.3) is 0 Å². The molecule has 1 aromatic carbocycles. The van der Waals surface area contributed by atoms with Gasteiger partial charge in [0.1, 0.15) is 5.82 Å². The van der Waals surface area contributed by atoms with Gasteiger partial charge in [-0.25, -0.2) is 4.39 Å². The Morgan fingerprint density at radius 3 is 2.63 bits per heavy atom. The van der Waals surface area contributed by atoms with E-state index in [1.807, 2.05) is 24.8 Å². The van der Waals surface area contributed by atoms with Crippen LogP contribution in [0.15, 0.2) is 18.2 Å². The molecule has 1 aromatic rings. The maximum atomic E-state index is 14.0. The quantitative estimate of drug-likeness (QED) is 0.760. The van der Waals surface area contributed by atoms with Crippen molar-refractivity contribution >= 4 is 5.69 Å². The minimum Gasteiger partial charge on any atom is -0.395 e. The van der Waals surface area contributed by atoms with Crippen LogP contribution in [-0.2, 0) is 6.54 Å². The maximum Gasteiger partial charge on any atom is 0.129 e. The van der Waals surface area contributed by atoms with Crippen molar-refractivity contribution in [2.75, 3.05) is 24.6 Å². The Hall–Kier alpha value is -1.13. The summed E-state index contributed by atoms with van der Waals surface area (Å²) in [4.78, 5) is 2.04. The molecular weight excluding hydrogens is 243 g/mol. The SMILES string of the molecule is CCCN(CCO)c1cccc(F)c1CNC(C)C. The summed E-state index contributed by atoms with van der Waals surface area (Å²) in [6.45, 7) is 8.09. The van der Waals surface area contributed by atoms with Gasteiger partial charge in [-0.3, -0.25) is 0 Å². The Labute approximate surface area is 115 Å². The summed E-state index contributed by atoms with van der Waals surface area (Å²) in [6, 6.07) is 5.45. The van der Waals surface area contributed by atoms with Gasteiger partial charge in [-0.15, -0.1) is 0 Å². The molecule has 0 radical (unpaired) electrons. The molecule has 0 spiro atoms. The molecule has 0 amide bonds. The van der Waals surface area contributed by atoms with Gasteiger partial charge in [0.25, 0.3) is 0 Å². The van der Waals surface area contributed by atoms with Gasteiger partial charge in [0.2, 0.25) is 0 Å². The van der Waals surface area contributed by atoms with Crippen molar-refractivity contribution in [3.05, 3.63) is 29.6 Å². The molecule has 0 saturated heterocycles. The first-order valence-electron chi connectivity index (χ1n) is 6.96. The normalized spacial score (nSPS) is 11.1. The summed E-state index contributed by atoms with van der Waals surface area (Å²) in [7, 11) is 0. The zero-order valence-corrected chi connectivity index (χ0v) is 12.1. The predicted octanol–water partition coefficient (Wildman–Crippen LogP) is 2.53. The molecule has 0 aliphatic heterocycles. The number of halogens is 1. The van der Waals surface area contributed by atoms with E-state index in [-0.39, 0.29) is 12.4 Å². The zero-order chi connectivity index (χ0) is 14.3. The number of hydrogen-bond acceptors (Lipinski definition) is 3. The summed E-state index contributed by atoms with van der Waals surface area (Å²) >= 11 is 0. The highest BCUT2D eigenvalue weighted by molar-refractivity contribution is 5.54. The molecule has 0 heterocycles. The molecule has 0 bridgehead atoms. The second-order valence-electron chi connectivity index (χ2n) is 4.98. The molecular formula is C15H25FN2O. The molecule has 0 aromatic heterocycles. The summed E-state index contributed by atoms with van der Waals surface area (Å²) in [6.07, 6.45) is 0.966. The van der Waals surface area contributed by atoms with E-state index in [1.165, 1.54) is 6.07 Å². The fourth-order valence-electron chi connectivity index (χ4n) is 2.07. The van der Waals surface area contributed by atoms with Crippen molar-refractivity contribution in [3.63, 3.8) is 0 Å². The second-order valence-corrected chi connectivity index (χ2v) is 4.98. The Bertz CT molecular complexity index is 376. The van der Waals surface area contributed by atoms with Crippen LogP contribution in [0.3, 0.4) is 0 Å². The molecule has 3 nitrogen and oxygen atoms in total. The van der Waals surface area contributed by atoms with E-state index in [4.69, 9.17) is 5.11 Å². The Morgan fingerprint density at radius 2 is 2.05 bits per heavy atom. The number of benzene rings is 1. The smallest absolute Gasteiger partial charge is 0.129 e. The van der Waals surface area contributed by atoms with Crippen molar-refractivity contribution < 1.29 is 9.50 Å². The molecule has 0 unspecified atom stereocenters. The van der Waals surface area contributed by atoms with Gasteiger partial charge < -0.3 is 15.3 Å². The first-order chi connectivity index (χ1) is 9.10. The van der Waals surface area contributed by atoms with E-state index < -0.39 is 0 Å². The van der Waals surface area contributed by atoms with Gasteiger partial charge in [-0.2, -0.15) is 0 Å². The average Bonchev–Trinajstić information content (AvgIpc) is 2.36. The summed E-state index contributed by atoms with van der Waals surface area (Å²) in [5.41, 5.74) is 1.56. The third-order valence-corrected chi connectivity index (χ3v) is 2.99. The number of anilines is 1. The van der Waals surface area contributed by atoms with Gasteiger partial charge in [0.15, 0.2) is 0 Å². The van der Waals surface area contributed by atoms with Crippen LogP contribution >= 0.6 is 0 Å². The Balaban J connectivity index is 2.99. The van der Waals surface area contributed by atoms with Gasteiger partial charge in [-0.05, 0) is 18.6 Å². The molecule has 0 aliphatic rings. The molecule has 19 heavy (non-hydrogen) atoms. The lowest BCUT2D eigenvalue weighted by molar-refractivity contribution is 0.301. The van der Waals surface area contributed by atoms with E-state index in [2.05, 4.69) is 12.2 Å². The van der Waals surface area contributed by atoms with Crippen molar-refractivity contribution in [1.82, 2.24) is 5.32 Å². The molecule has 108 valence electrons. The van der Waals surface area contributed by atoms with Crippen LogP contribution in [0.2, 0.25) is 0 Å². The van der Waals surface area contributed by atoms with Crippen LogP contribution < -0.4 is 10.2 Å². The summed E-state index contributed by atoms with van der Waals surface area (Å²) < 4.78 is 14.0. The number of nitrogens with zero attached hydrogens (tertiary/aromatic N) is 1.